The van der Waals surface area contributed by atoms with Gasteiger partial charge in [0, 0.05) is 0 Å². The Morgan fingerprint density at radius 2 is 1.00 bits per heavy atom. The van der Waals surface area contributed by atoms with E-state index in [9.17, 15) is 46.0 Å². The highest BCUT2D eigenvalue weighted by Gasteiger charge is 2.53. The maximum atomic E-state index is 10.6. The third-order valence-corrected chi connectivity index (χ3v) is 6.02. The first-order chi connectivity index (χ1) is 15.0. The summed E-state index contributed by atoms with van der Waals surface area (Å²) in [5, 5.41) is 90.6. The lowest BCUT2D eigenvalue weighted by Gasteiger charge is -2.48. The molecule has 3 aliphatic heterocycles. The Kier molecular flexibility index (Phi) is 8.44. The number of rotatable bonds is 5. The second kappa shape index (κ2) is 10.4. The van der Waals surface area contributed by atoms with Crippen molar-refractivity contribution in [2.75, 3.05) is 6.61 Å². The smallest absolute Gasteiger partial charge is 0.187 e. The predicted octanol–water partition coefficient (Wildman–Crippen LogP) is -5.52. The molecule has 0 spiro atoms. The van der Waals surface area contributed by atoms with Gasteiger partial charge < -0.3 is 69.6 Å². The van der Waals surface area contributed by atoms with Crippen molar-refractivity contribution in [1.82, 2.24) is 0 Å². The predicted molar refractivity (Wildman–Crippen MR) is 98.4 cm³/mol. The summed E-state index contributed by atoms with van der Waals surface area (Å²) < 4.78 is 27.0. The monoisotopic (exact) mass is 472 g/mol. The maximum absolute atomic E-state index is 10.6. The van der Waals surface area contributed by atoms with Crippen molar-refractivity contribution in [3.8, 4) is 0 Å². The van der Waals surface area contributed by atoms with Crippen LogP contribution in [0.3, 0.4) is 0 Å². The maximum Gasteiger partial charge on any atom is 0.187 e. The number of hydrogen-bond acceptors (Lipinski definition) is 14. The first-order valence-electron chi connectivity index (χ1n) is 10.3. The number of aliphatic hydroxyl groups is 9. The average molecular weight is 472 g/mol. The zero-order valence-corrected chi connectivity index (χ0v) is 17.4. The van der Waals surface area contributed by atoms with E-state index in [1.165, 1.54) is 13.8 Å². The van der Waals surface area contributed by atoms with E-state index in [1.54, 1.807) is 0 Å². The van der Waals surface area contributed by atoms with Crippen LogP contribution in [0.4, 0.5) is 0 Å². The minimum atomic E-state index is -1.83. The van der Waals surface area contributed by atoms with Crippen molar-refractivity contribution in [2.45, 2.75) is 106 Å². The van der Waals surface area contributed by atoms with E-state index in [4.69, 9.17) is 23.7 Å². The summed E-state index contributed by atoms with van der Waals surface area (Å²) in [6.45, 7) is 2.10. The Balaban J connectivity index is 1.81. The molecule has 188 valence electrons. The van der Waals surface area contributed by atoms with Crippen LogP contribution in [-0.2, 0) is 23.7 Å². The van der Waals surface area contributed by atoms with Crippen molar-refractivity contribution in [3.63, 3.8) is 0 Å². The molecule has 3 rings (SSSR count). The summed E-state index contributed by atoms with van der Waals surface area (Å²) in [6, 6.07) is 0. The molecule has 32 heavy (non-hydrogen) atoms. The van der Waals surface area contributed by atoms with Gasteiger partial charge in [0.1, 0.15) is 61.0 Å². The van der Waals surface area contributed by atoms with Crippen LogP contribution in [-0.4, -0.2) is 145 Å². The van der Waals surface area contributed by atoms with E-state index >= 15 is 0 Å². The second-order valence-electron chi connectivity index (χ2n) is 8.30. The highest BCUT2D eigenvalue weighted by atomic mass is 16.8. The molecule has 3 aliphatic rings. The first kappa shape index (κ1) is 26.1. The van der Waals surface area contributed by atoms with Gasteiger partial charge in [-0.15, -0.1) is 0 Å². The summed E-state index contributed by atoms with van der Waals surface area (Å²) in [5.74, 6) is 0. The van der Waals surface area contributed by atoms with Gasteiger partial charge in [0.25, 0.3) is 0 Å². The molecule has 3 saturated heterocycles. The minimum absolute atomic E-state index is 0.721. The molecule has 3 fully saturated rings. The zero-order chi connectivity index (χ0) is 23.9. The van der Waals surface area contributed by atoms with Crippen LogP contribution in [0.15, 0.2) is 0 Å². The third kappa shape index (κ3) is 4.94. The second-order valence-corrected chi connectivity index (χ2v) is 8.30. The minimum Gasteiger partial charge on any atom is -0.394 e. The van der Waals surface area contributed by atoms with Crippen molar-refractivity contribution in [1.29, 1.82) is 0 Å². The van der Waals surface area contributed by atoms with E-state index in [2.05, 4.69) is 0 Å². The molecule has 0 saturated carbocycles. The molecule has 1 unspecified atom stereocenters. The fourth-order valence-electron chi connectivity index (χ4n) is 3.92. The lowest BCUT2D eigenvalue weighted by Crippen LogP contribution is -2.66. The average Bonchev–Trinajstić information content (AvgIpc) is 2.76. The Labute approximate surface area is 183 Å². The molecule has 0 aromatic carbocycles. The Bertz CT molecular complexity index is 610. The van der Waals surface area contributed by atoms with Crippen molar-refractivity contribution in [3.05, 3.63) is 0 Å². The topological polar surface area (TPSA) is 228 Å². The Morgan fingerprint density at radius 3 is 1.44 bits per heavy atom. The van der Waals surface area contributed by atoms with Crippen molar-refractivity contribution < 1.29 is 69.6 Å². The highest BCUT2D eigenvalue weighted by Crippen LogP contribution is 2.32. The lowest BCUT2D eigenvalue weighted by molar-refractivity contribution is -0.385. The molecule has 3 heterocycles. The standard InChI is InChI=1S/C18H32O14/c1-4-7(20)10(23)12(25)17(28-4)31-14-9(22)6(3-19)30-16(27)15(14)32-18-13(26)11(24)8(21)5(2)29-18/h4-27H,3H2,1-2H3/t4-,5-,6+,7+,8+,9+,10+,11+,12-,13-,14-,15+,16?,17+,18-/m0/s1. The molecular weight excluding hydrogens is 440 g/mol. The molecule has 0 aromatic heterocycles. The van der Waals surface area contributed by atoms with Crippen LogP contribution in [0.5, 0.6) is 0 Å². The molecule has 0 aromatic rings. The van der Waals surface area contributed by atoms with Gasteiger partial charge in [-0.25, -0.2) is 0 Å². The Morgan fingerprint density at radius 1 is 0.562 bits per heavy atom. The van der Waals surface area contributed by atoms with Crippen molar-refractivity contribution in [2.24, 2.45) is 0 Å². The third-order valence-electron chi connectivity index (χ3n) is 6.02. The highest BCUT2D eigenvalue weighted by molar-refractivity contribution is 4.95. The molecule has 0 radical (unpaired) electrons. The van der Waals surface area contributed by atoms with Gasteiger partial charge >= 0.3 is 0 Å². The van der Waals surface area contributed by atoms with Gasteiger partial charge in [-0.1, -0.05) is 0 Å². The Hall–Kier alpha value is -0.560. The van der Waals surface area contributed by atoms with Crippen molar-refractivity contribution >= 4 is 0 Å². The first-order valence-corrected chi connectivity index (χ1v) is 10.3. The SMILES string of the molecule is C[C@@H]1O[C@H](O[C@H]2[C@H](O)[C@@H](CO)OC(O)[C@@H]2O[C@@H]2O[C@@H](C)[C@@H](O)[C@@H](O)[C@@H]2O)[C@@H](O)[C@H](O)[C@@H]1O. The summed E-state index contributed by atoms with van der Waals surface area (Å²) in [6.07, 6.45) is -22.6. The van der Waals surface area contributed by atoms with Crippen LogP contribution < -0.4 is 0 Å². The van der Waals surface area contributed by atoms with Crippen LogP contribution in [0.25, 0.3) is 0 Å². The zero-order valence-electron chi connectivity index (χ0n) is 17.4. The fraction of sp³-hybridized carbons (Fsp3) is 1.00. The van der Waals surface area contributed by atoms with E-state index in [-0.39, 0.29) is 0 Å². The lowest BCUT2D eigenvalue weighted by atomic mass is 9.96. The fourth-order valence-corrected chi connectivity index (χ4v) is 3.92. The summed E-state index contributed by atoms with van der Waals surface area (Å²) >= 11 is 0. The molecule has 14 heteroatoms. The largest absolute Gasteiger partial charge is 0.394 e. The van der Waals surface area contributed by atoms with Gasteiger partial charge in [-0.05, 0) is 13.8 Å². The molecule has 0 aliphatic carbocycles. The van der Waals surface area contributed by atoms with Gasteiger partial charge in [-0.3, -0.25) is 0 Å². The van der Waals surface area contributed by atoms with Crippen LogP contribution in [0, 0.1) is 0 Å². The van der Waals surface area contributed by atoms with E-state index in [0.717, 1.165) is 0 Å². The van der Waals surface area contributed by atoms with E-state index in [0.29, 0.717) is 0 Å². The normalized spacial score (nSPS) is 55.0. The summed E-state index contributed by atoms with van der Waals surface area (Å²) in [7, 11) is 0. The van der Waals surface area contributed by atoms with Gasteiger partial charge in [-0.2, -0.15) is 0 Å². The van der Waals surface area contributed by atoms with Gasteiger partial charge in [0.05, 0.1) is 18.8 Å². The molecule has 15 atom stereocenters. The van der Waals surface area contributed by atoms with E-state index in [1.807, 2.05) is 0 Å². The molecule has 14 nitrogen and oxygen atoms in total. The van der Waals surface area contributed by atoms with Crippen LogP contribution in [0.2, 0.25) is 0 Å². The van der Waals surface area contributed by atoms with E-state index < -0.39 is 98.7 Å². The van der Waals surface area contributed by atoms with Gasteiger partial charge in [0.15, 0.2) is 18.9 Å². The van der Waals surface area contributed by atoms with Crippen LogP contribution >= 0.6 is 0 Å². The summed E-state index contributed by atoms with van der Waals surface area (Å²) in [4.78, 5) is 0. The quantitative estimate of drug-likeness (QED) is 0.182. The summed E-state index contributed by atoms with van der Waals surface area (Å²) in [5.41, 5.74) is 0. The number of aliphatic hydroxyl groups excluding tert-OH is 9. The molecular formula is C18H32O14. The van der Waals surface area contributed by atoms with Gasteiger partial charge in [0.2, 0.25) is 0 Å². The molecule has 9 N–H and O–H groups in total. The van der Waals surface area contributed by atoms with Crippen LogP contribution in [0.1, 0.15) is 13.8 Å². The number of hydrogen-bond donors (Lipinski definition) is 9. The number of ether oxygens (including phenoxy) is 5. The molecule has 0 amide bonds. The molecule has 0 bridgehead atoms.